The first kappa shape index (κ1) is 26.2. The standard InChI is InChI=1S/C23H29N3O4.2ClH/c1-28-20-8-7-17(11-21(20)29-10-9-24)23(27)25-18-12-19-15-30-22(14-26(19)13-18)16-5-3-2-4-6-16;;/h2-8,11,18-19,22H,9-10,12-15,24H2,1H3,(H,25,27);2*1H/t18-,19+,22-;;/m1../s1. The Bertz CT molecular complexity index is 872. The molecule has 0 aliphatic carbocycles. The number of hydrogen-bond acceptors (Lipinski definition) is 6. The summed E-state index contributed by atoms with van der Waals surface area (Å²) in [6, 6.07) is 15.9. The first-order valence-corrected chi connectivity index (χ1v) is 10.4. The highest BCUT2D eigenvalue weighted by Gasteiger charge is 2.38. The van der Waals surface area contributed by atoms with E-state index in [4.69, 9.17) is 19.9 Å². The fourth-order valence-electron chi connectivity index (χ4n) is 4.22. The maximum atomic E-state index is 12.8. The molecule has 2 fully saturated rings. The Morgan fingerprint density at radius 3 is 2.66 bits per heavy atom. The van der Waals surface area contributed by atoms with Crippen LogP contribution in [0.25, 0.3) is 0 Å². The number of nitrogens with two attached hydrogens (primary N) is 1. The monoisotopic (exact) mass is 483 g/mol. The molecule has 2 heterocycles. The van der Waals surface area contributed by atoms with Crippen molar-refractivity contribution in [3.63, 3.8) is 0 Å². The van der Waals surface area contributed by atoms with Gasteiger partial charge in [-0.25, -0.2) is 0 Å². The molecule has 9 heteroatoms. The molecule has 2 aliphatic heterocycles. The number of rotatable bonds is 7. The molecule has 0 saturated carbocycles. The molecule has 1 amide bonds. The molecule has 0 radical (unpaired) electrons. The third-order valence-corrected chi connectivity index (χ3v) is 5.73. The summed E-state index contributed by atoms with van der Waals surface area (Å²) < 4.78 is 17.0. The van der Waals surface area contributed by atoms with Gasteiger partial charge in [-0.15, -0.1) is 24.8 Å². The lowest BCUT2D eigenvalue weighted by atomic mass is 10.1. The van der Waals surface area contributed by atoms with Crippen molar-refractivity contribution in [2.45, 2.75) is 24.6 Å². The van der Waals surface area contributed by atoms with Crippen LogP contribution in [0.4, 0.5) is 0 Å². The second-order valence-electron chi connectivity index (χ2n) is 7.75. The molecule has 0 bridgehead atoms. The molecule has 2 aliphatic rings. The predicted octanol–water partition coefficient (Wildman–Crippen LogP) is 2.82. The first-order valence-electron chi connectivity index (χ1n) is 10.4. The fraction of sp³-hybridized carbons (Fsp3) is 0.435. The van der Waals surface area contributed by atoms with Gasteiger partial charge in [0, 0.05) is 37.3 Å². The van der Waals surface area contributed by atoms with Crippen LogP contribution in [0.5, 0.6) is 11.5 Å². The second kappa shape index (κ2) is 12.3. The van der Waals surface area contributed by atoms with Gasteiger partial charge in [0.15, 0.2) is 11.5 Å². The molecule has 3 atom stereocenters. The second-order valence-corrected chi connectivity index (χ2v) is 7.75. The van der Waals surface area contributed by atoms with E-state index in [2.05, 4.69) is 22.3 Å². The molecule has 2 saturated heterocycles. The summed E-state index contributed by atoms with van der Waals surface area (Å²) in [4.78, 5) is 15.3. The molecular formula is C23H31Cl2N3O4. The average molecular weight is 484 g/mol. The number of methoxy groups -OCH3 is 1. The smallest absolute Gasteiger partial charge is 0.251 e. The van der Waals surface area contributed by atoms with E-state index in [1.54, 1.807) is 25.3 Å². The summed E-state index contributed by atoms with van der Waals surface area (Å²) in [6.07, 6.45) is 0.973. The minimum absolute atomic E-state index is 0. The highest BCUT2D eigenvalue weighted by Crippen LogP contribution is 2.31. The topological polar surface area (TPSA) is 86.0 Å². The summed E-state index contributed by atoms with van der Waals surface area (Å²) in [5.74, 6) is 1.00. The van der Waals surface area contributed by atoms with Crippen molar-refractivity contribution < 1.29 is 19.0 Å². The van der Waals surface area contributed by atoms with Crippen molar-refractivity contribution in [2.75, 3.05) is 40.0 Å². The van der Waals surface area contributed by atoms with E-state index >= 15 is 0 Å². The number of nitrogens with zero attached hydrogens (tertiary/aromatic N) is 1. The number of nitrogens with one attached hydrogen (secondary N) is 1. The van der Waals surface area contributed by atoms with E-state index in [9.17, 15) is 4.79 Å². The van der Waals surface area contributed by atoms with Crippen LogP contribution < -0.4 is 20.5 Å². The van der Waals surface area contributed by atoms with Crippen LogP contribution in [0.15, 0.2) is 48.5 Å². The van der Waals surface area contributed by atoms with Crippen LogP contribution in [-0.2, 0) is 4.74 Å². The Labute approximate surface area is 201 Å². The SMILES string of the molecule is COc1ccc(C(=O)N[C@@H]2C[C@H]3CO[C@@H](c4ccccc4)CN3C2)cc1OCCN.Cl.Cl. The Kier molecular flexibility index (Phi) is 10.1. The normalized spacial score (nSPS) is 22.1. The third-order valence-electron chi connectivity index (χ3n) is 5.73. The molecule has 0 unspecified atom stereocenters. The number of benzene rings is 2. The van der Waals surface area contributed by atoms with Crippen molar-refractivity contribution in [1.29, 1.82) is 0 Å². The van der Waals surface area contributed by atoms with Crippen LogP contribution in [0, 0.1) is 0 Å². The van der Waals surface area contributed by atoms with Gasteiger partial charge in [0.2, 0.25) is 0 Å². The Morgan fingerprint density at radius 1 is 1.16 bits per heavy atom. The maximum Gasteiger partial charge on any atom is 0.251 e. The lowest BCUT2D eigenvalue weighted by Crippen LogP contribution is -2.43. The van der Waals surface area contributed by atoms with Crippen LogP contribution in [0.1, 0.15) is 28.4 Å². The Balaban J connectivity index is 0.00000181. The number of ether oxygens (including phenoxy) is 3. The van der Waals surface area contributed by atoms with Gasteiger partial charge >= 0.3 is 0 Å². The molecule has 0 aromatic heterocycles. The minimum Gasteiger partial charge on any atom is -0.493 e. The number of hydrogen-bond donors (Lipinski definition) is 2. The predicted molar refractivity (Wildman–Crippen MR) is 128 cm³/mol. The van der Waals surface area contributed by atoms with Gasteiger partial charge in [0.1, 0.15) is 6.61 Å². The lowest BCUT2D eigenvalue weighted by molar-refractivity contribution is -0.0502. The first-order chi connectivity index (χ1) is 14.7. The molecule has 2 aromatic rings. The van der Waals surface area contributed by atoms with Crippen LogP contribution in [0.3, 0.4) is 0 Å². The van der Waals surface area contributed by atoms with Crippen LogP contribution >= 0.6 is 24.8 Å². The number of fused-ring (bicyclic) bond motifs is 1. The van der Waals surface area contributed by atoms with E-state index in [1.807, 2.05) is 18.2 Å². The van der Waals surface area contributed by atoms with E-state index in [0.717, 1.165) is 19.5 Å². The quantitative estimate of drug-likeness (QED) is 0.629. The number of carbonyl (C=O) groups is 1. The largest absolute Gasteiger partial charge is 0.493 e. The zero-order valence-corrected chi connectivity index (χ0v) is 19.7. The van der Waals surface area contributed by atoms with Crippen molar-refractivity contribution in [2.24, 2.45) is 5.73 Å². The number of halogens is 2. The summed E-state index contributed by atoms with van der Waals surface area (Å²) in [7, 11) is 1.57. The average Bonchev–Trinajstić information content (AvgIpc) is 3.19. The summed E-state index contributed by atoms with van der Waals surface area (Å²) >= 11 is 0. The van der Waals surface area contributed by atoms with E-state index < -0.39 is 0 Å². The summed E-state index contributed by atoms with van der Waals surface area (Å²) in [5, 5.41) is 3.17. The Morgan fingerprint density at radius 2 is 1.94 bits per heavy atom. The molecule has 3 N–H and O–H groups in total. The summed E-state index contributed by atoms with van der Waals surface area (Å²) in [6.45, 7) is 3.12. The maximum absolute atomic E-state index is 12.8. The molecule has 4 rings (SSSR count). The van der Waals surface area contributed by atoms with Crippen LogP contribution in [0.2, 0.25) is 0 Å². The summed E-state index contributed by atoms with van der Waals surface area (Å²) in [5.41, 5.74) is 7.27. The fourth-order valence-corrected chi connectivity index (χ4v) is 4.22. The van der Waals surface area contributed by atoms with Crippen molar-refractivity contribution in [1.82, 2.24) is 10.2 Å². The third kappa shape index (κ3) is 6.05. The van der Waals surface area contributed by atoms with E-state index in [-0.39, 0.29) is 42.9 Å². The van der Waals surface area contributed by atoms with Gasteiger partial charge in [-0.1, -0.05) is 30.3 Å². The Hall–Kier alpha value is -2.03. The molecule has 7 nitrogen and oxygen atoms in total. The molecular weight excluding hydrogens is 453 g/mol. The van der Waals surface area contributed by atoms with Crippen molar-refractivity contribution in [3.8, 4) is 11.5 Å². The van der Waals surface area contributed by atoms with Crippen molar-refractivity contribution >= 4 is 30.7 Å². The number of carbonyl (C=O) groups excluding carboxylic acids is 1. The highest BCUT2D eigenvalue weighted by molar-refractivity contribution is 5.95. The van der Waals surface area contributed by atoms with Gasteiger partial charge in [-0.3, -0.25) is 9.69 Å². The molecule has 0 spiro atoms. The van der Waals surface area contributed by atoms with Gasteiger partial charge in [0.25, 0.3) is 5.91 Å². The molecule has 2 aromatic carbocycles. The van der Waals surface area contributed by atoms with E-state index in [0.29, 0.717) is 42.9 Å². The van der Waals surface area contributed by atoms with Gasteiger partial charge < -0.3 is 25.3 Å². The van der Waals surface area contributed by atoms with Gasteiger partial charge in [-0.05, 0) is 30.2 Å². The number of morpholine rings is 1. The molecule has 176 valence electrons. The van der Waals surface area contributed by atoms with Gasteiger partial charge in [-0.2, -0.15) is 0 Å². The lowest BCUT2D eigenvalue weighted by Gasteiger charge is -2.35. The van der Waals surface area contributed by atoms with Crippen LogP contribution in [-0.4, -0.2) is 62.8 Å². The minimum atomic E-state index is -0.111. The highest BCUT2D eigenvalue weighted by atomic mass is 35.5. The molecule has 32 heavy (non-hydrogen) atoms. The zero-order chi connectivity index (χ0) is 20.9. The van der Waals surface area contributed by atoms with E-state index in [1.165, 1.54) is 5.56 Å². The zero-order valence-electron chi connectivity index (χ0n) is 18.1. The van der Waals surface area contributed by atoms with Crippen molar-refractivity contribution in [3.05, 3.63) is 59.7 Å². The van der Waals surface area contributed by atoms with Gasteiger partial charge in [0.05, 0.1) is 19.8 Å². The number of amides is 1.